The van der Waals surface area contributed by atoms with Crippen LogP contribution in [0.5, 0.6) is 5.75 Å². The molecule has 10 nitrogen and oxygen atoms in total. The fraction of sp³-hybridized carbons (Fsp3) is 0.478. The number of nitrogens with zero attached hydrogens (tertiary/aromatic N) is 6. The second-order valence-electron chi connectivity index (χ2n) is 8.64. The molecule has 0 bridgehead atoms. The number of thiazole rings is 1. The summed E-state index contributed by atoms with van der Waals surface area (Å²) in [6, 6.07) is 7.87. The lowest BCUT2D eigenvalue weighted by Gasteiger charge is -2.36. The van der Waals surface area contributed by atoms with E-state index in [-0.39, 0.29) is 18.0 Å². The Bertz CT molecular complexity index is 1310. The van der Waals surface area contributed by atoms with Crippen molar-refractivity contribution >= 4 is 38.4 Å². The van der Waals surface area contributed by atoms with E-state index < -0.39 is 5.69 Å². The van der Waals surface area contributed by atoms with E-state index in [1.54, 1.807) is 12.0 Å². The van der Waals surface area contributed by atoms with E-state index in [0.29, 0.717) is 36.5 Å². The quantitative estimate of drug-likeness (QED) is 0.536. The maximum absolute atomic E-state index is 13.2. The van der Waals surface area contributed by atoms with E-state index in [0.717, 1.165) is 47.1 Å². The van der Waals surface area contributed by atoms with Gasteiger partial charge in [0.1, 0.15) is 17.0 Å². The lowest BCUT2D eigenvalue weighted by atomic mass is 10.2. The lowest BCUT2D eigenvalue weighted by molar-refractivity contribution is -0.132. The summed E-state index contributed by atoms with van der Waals surface area (Å²) in [5.74, 6) is 0.661. The number of ether oxygens (including phenoxy) is 1. The molecule has 34 heavy (non-hydrogen) atoms. The number of fused-ring (bicyclic) bond motifs is 1. The minimum atomic E-state index is -0.513. The fourth-order valence-corrected chi connectivity index (χ4v) is 5.66. The molecule has 0 spiro atoms. The predicted octanol–water partition coefficient (Wildman–Crippen LogP) is 1.11. The van der Waals surface area contributed by atoms with Crippen LogP contribution < -0.4 is 25.8 Å². The molecule has 0 saturated carbocycles. The molecule has 11 heteroatoms. The van der Waals surface area contributed by atoms with Crippen molar-refractivity contribution in [3.63, 3.8) is 0 Å². The largest absolute Gasteiger partial charge is 0.497 e. The Morgan fingerprint density at radius 2 is 1.68 bits per heavy atom. The third-order valence-electron chi connectivity index (χ3n) is 6.61. The lowest BCUT2D eigenvalue weighted by Crippen LogP contribution is -2.50. The van der Waals surface area contributed by atoms with Crippen LogP contribution in [0.15, 0.2) is 33.9 Å². The number of hydrogen-bond donors (Lipinski definition) is 0. The molecule has 180 valence electrons. The molecule has 0 atom stereocenters. The third-order valence-corrected chi connectivity index (χ3v) is 7.70. The zero-order valence-electron chi connectivity index (χ0n) is 19.4. The molecule has 1 amide bonds. The normalized spacial score (nSPS) is 16.5. The van der Waals surface area contributed by atoms with Gasteiger partial charge in [0.15, 0.2) is 10.8 Å². The van der Waals surface area contributed by atoms with E-state index >= 15 is 0 Å². The van der Waals surface area contributed by atoms with Gasteiger partial charge >= 0.3 is 5.69 Å². The Morgan fingerprint density at radius 3 is 2.32 bits per heavy atom. The number of hydrogen-bond acceptors (Lipinski definition) is 8. The number of amides is 1. The van der Waals surface area contributed by atoms with Gasteiger partial charge in [-0.25, -0.2) is 9.78 Å². The molecular formula is C23H28N6O4S. The van der Waals surface area contributed by atoms with Gasteiger partial charge in [0, 0.05) is 52.0 Å². The van der Waals surface area contributed by atoms with Crippen LogP contribution in [0.4, 0.5) is 10.8 Å². The molecule has 3 aromatic rings. The van der Waals surface area contributed by atoms with Crippen molar-refractivity contribution in [2.45, 2.75) is 19.4 Å². The van der Waals surface area contributed by atoms with Crippen molar-refractivity contribution < 1.29 is 9.53 Å². The van der Waals surface area contributed by atoms with Crippen molar-refractivity contribution in [2.24, 2.45) is 7.05 Å². The second kappa shape index (κ2) is 9.13. The van der Waals surface area contributed by atoms with E-state index in [9.17, 15) is 14.4 Å². The summed E-state index contributed by atoms with van der Waals surface area (Å²) in [6.45, 7) is 4.17. The number of piperazine rings is 1. The first-order chi connectivity index (χ1) is 16.5. The summed E-state index contributed by atoms with van der Waals surface area (Å²) in [5.41, 5.74) is 0.520. The Balaban J connectivity index is 1.34. The van der Waals surface area contributed by atoms with Crippen LogP contribution in [0.3, 0.4) is 0 Å². The summed E-state index contributed by atoms with van der Waals surface area (Å²) < 4.78 is 8.06. The third kappa shape index (κ3) is 4.04. The second-order valence-corrected chi connectivity index (χ2v) is 9.62. The van der Waals surface area contributed by atoms with Crippen LogP contribution in [-0.4, -0.2) is 71.3 Å². The molecule has 0 radical (unpaired) electrons. The van der Waals surface area contributed by atoms with Crippen LogP contribution in [0.1, 0.15) is 12.8 Å². The predicted molar refractivity (Wildman–Crippen MR) is 132 cm³/mol. The minimum Gasteiger partial charge on any atom is -0.497 e. The molecule has 0 unspecified atom stereocenters. The Kier molecular flexibility index (Phi) is 6.03. The van der Waals surface area contributed by atoms with E-state index in [4.69, 9.17) is 4.74 Å². The van der Waals surface area contributed by atoms with Gasteiger partial charge in [-0.2, -0.15) is 0 Å². The number of rotatable bonds is 5. The van der Waals surface area contributed by atoms with Gasteiger partial charge in [-0.05, 0) is 37.1 Å². The maximum atomic E-state index is 13.2. The molecule has 1 aromatic carbocycles. The number of methoxy groups -OCH3 is 1. The van der Waals surface area contributed by atoms with Crippen LogP contribution in [0.2, 0.25) is 0 Å². The highest BCUT2D eigenvalue weighted by atomic mass is 32.1. The SMILES string of the molecule is COc1ccc(N2CCN(C(=O)Cn3c(=O)n(C)c(=O)c4sc(N5CCCC5)nc43)CC2)cc1. The highest BCUT2D eigenvalue weighted by molar-refractivity contribution is 7.22. The molecule has 2 aliphatic heterocycles. The van der Waals surface area contributed by atoms with Crippen LogP contribution in [0, 0.1) is 0 Å². The fourth-order valence-electron chi connectivity index (χ4n) is 4.56. The van der Waals surface area contributed by atoms with E-state index in [1.807, 2.05) is 24.3 Å². The highest BCUT2D eigenvalue weighted by Crippen LogP contribution is 2.28. The summed E-state index contributed by atoms with van der Waals surface area (Å²) in [6.07, 6.45) is 2.17. The average Bonchev–Trinajstić information content (AvgIpc) is 3.56. The highest BCUT2D eigenvalue weighted by Gasteiger charge is 2.25. The first-order valence-electron chi connectivity index (χ1n) is 11.5. The molecule has 0 N–H and O–H groups in total. The average molecular weight is 485 g/mol. The molecular weight excluding hydrogens is 456 g/mol. The van der Waals surface area contributed by atoms with Crippen molar-refractivity contribution in [1.29, 1.82) is 0 Å². The van der Waals surface area contributed by atoms with Gasteiger partial charge in [-0.15, -0.1) is 0 Å². The van der Waals surface area contributed by atoms with Crippen molar-refractivity contribution in [3.8, 4) is 5.75 Å². The number of carbonyl (C=O) groups is 1. The molecule has 2 saturated heterocycles. The summed E-state index contributed by atoms with van der Waals surface area (Å²) >= 11 is 1.30. The number of benzene rings is 1. The summed E-state index contributed by atoms with van der Waals surface area (Å²) in [5, 5.41) is 0.740. The smallest absolute Gasteiger partial charge is 0.332 e. The zero-order valence-corrected chi connectivity index (χ0v) is 20.2. The van der Waals surface area contributed by atoms with E-state index in [1.165, 1.54) is 23.0 Å². The van der Waals surface area contributed by atoms with Crippen molar-refractivity contribution in [3.05, 3.63) is 45.1 Å². The number of carbonyl (C=O) groups excluding carboxylic acids is 1. The van der Waals surface area contributed by atoms with E-state index in [2.05, 4.69) is 14.8 Å². The van der Waals surface area contributed by atoms with Crippen LogP contribution in [-0.2, 0) is 18.4 Å². The van der Waals surface area contributed by atoms with Gasteiger partial charge in [0.2, 0.25) is 5.91 Å². The van der Waals surface area contributed by atoms with Gasteiger partial charge in [-0.3, -0.25) is 18.7 Å². The summed E-state index contributed by atoms with van der Waals surface area (Å²) in [4.78, 5) is 49.6. The van der Waals surface area contributed by atoms with Gasteiger partial charge in [-0.1, -0.05) is 11.3 Å². The topological polar surface area (TPSA) is 92.9 Å². The first-order valence-corrected chi connectivity index (χ1v) is 12.3. The minimum absolute atomic E-state index is 0.130. The molecule has 2 fully saturated rings. The standard InChI is InChI=1S/C23H28N6O4S/c1-25-21(31)19-20(24-22(34-19)28-9-3-4-10-28)29(23(25)32)15-18(30)27-13-11-26(12-14-27)16-5-7-17(33-2)8-6-16/h5-8H,3-4,9-15H2,1-2H3. The van der Waals surface area contributed by atoms with Gasteiger partial charge in [0.25, 0.3) is 5.56 Å². The molecule has 2 aromatic heterocycles. The Morgan fingerprint density at radius 1 is 1.00 bits per heavy atom. The number of aromatic nitrogens is 3. The van der Waals surface area contributed by atoms with Crippen LogP contribution >= 0.6 is 11.3 Å². The Labute approximate surface area is 200 Å². The molecule has 4 heterocycles. The Hall–Kier alpha value is -3.34. The molecule has 0 aliphatic carbocycles. The van der Waals surface area contributed by atoms with Crippen molar-refractivity contribution in [2.75, 3.05) is 56.2 Å². The van der Waals surface area contributed by atoms with Crippen LogP contribution in [0.25, 0.3) is 10.3 Å². The van der Waals surface area contributed by atoms with Gasteiger partial charge in [0.05, 0.1) is 7.11 Å². The molecule has 5 rings (SSSR count). The zero-order chi connectivity index (χ0) is 23.8. The first kappa shape index (κ1) is 22.5. The van der Waals surface area contributed by atoms with Gasteiger partial charge < -0.3 is 19.4 Å². The van der Waals surface area contributed by atoms with Crippen molar-refractivity contribution in [1.82, 2.24) is 19.0 Å². The molecule has 2 aliphatic rings. The summed E-state index contributed by atoms with van der Waals surface area (Å²) in [7, 11) is 3.09. The number of anilines is 2. The monoisotopic (exact) mass is 484 g/mol. The maximum Gasteiger partial charge on any atom is 0.332 e.